The molecule has 1 heterocycles. The van der Waals surface area contributed by atoms with Crippen LogP contribution in [0.25, 0.3) is 0 Å². The molecule has 0 N–H and O–H groups in total. The summed E-state index contributed by atoms with van der Waals surface area (Å²) in [4.78, 5) is 14.4. The summed E-state index contributed by atoms with van der Waals surface area (Å²) in [6, 6.07) is 15.5. The molecule has 1 aliphatic rings. The van der Waals surface area contributed by atoms with E-state index in [0.29, 0.717) is 18.2 Å². The molecule has 0 saturated carbocycles. The second kappa shape index (κ2) is 6.41. The number of para-hydroxylation sites is 1. The smallest absolute Gasteiger partial charge is 0.229 e. The van der Waals surface area contributed by atoms with Gasteiger partial charge >= 0.3 is 0 Å². The molecule has 2 aromatic carbocycles. The van der Waals surface area contributed by atoms with E-state index in [2.05, 4.69) is 0 Å². The Balaban J connectivity index is 1.67. The molecule has 0 radical (unpaired) electrons. The van der Waals surface area contributed by atoms with E-state index in [9.17, 15) is 4.79 Å². The molecule has 0 bridgehead atoms. The van der Waals surface area contributed by atoms with E-state index in [0.717, 1.165) is 23.3 Å². The Morgan fingerprint density at radius 2 is 2.09 bits per heavy atom. The van der Waals surface area contributed by atoms with Gasteiger partial charge in [0.25, 0.3) is 0 Å². The van der Waals surface area contributed by atoms with E-state index in [1.54, 1.807) is 4.90 Å². The fourth-order valence-corrected chi connectivity index (χ4v) is 3.00. The third-order valence-electron chi connectivity index (χ3n) is 3.91. The highest BCUT2D eigenvalue weighted by Crippen LogP contribution is 2.27. The highest BCUT2D eigenvalue weighted by atomic mass is 35.5. The summed E-state index contributed by atoms with van der Waals surface area (Å²) >= 11 is 5.99. The Hall–Kier alpha value is -2.00. The molecule has 1 atom stereocenters. The molecule has 22 heavy (non-hydrogen) atoms. The van der Waals surface area contributed by atoms with Gasteiger partial charge in [-0.05, 0) is 35.7 Å². The van der Waals surface area contributed by atoms with Crippen molar-refractivity contribution in [3.8, 4) is 5.75 Å². The van der Waals surface area contributed by atoms with Gasteiger partial charge in [-0.1, -0.05) is 41.9 Å². The van der Waals surface area contributed by atoms with Crippen molar-refractivity contribution in [2.75, 3.05) is 13.7 Å². The van der Waals surface area contributed by atoms with Crippen molar-refractivity contribution in [3.05, 3.63) is 64.7 Å². The molecule has 1 unspecified atom stereocenters. The topological polar surface area (TPSA) is 29.5 Å². The first kappa shape index (κ1) is 14.9. The Morgan fingerprint density at radius 1 is 1.27 bits per heavy atom. The SMILES string of the molecule is CN(Cc1cccc(Cl)c1)C(=O)C1COc2ccccc2C1. The lowest BCUT2D eigenvalue weighted by Crippen LogP contribution is -2.38. The van der Waals surface area contributed by atoms with Crippen LogP contribution in [0.2, 0.25) is 5.02 Å². The van der Waals surface area contributed by atoms with Gasteiger partial charge in [0.1, 0.15) is 12.4 Å². The maximum Gasteiger partial charge on any atom is 0.229 e. The van der Waals surface area contributed by atoms with Gasteiger partial charge in [0.15, 0.2) is 0 Å². The van der Waals surface area contributed by atoms with Gasteiger partial charge in [0.2, 0.25) is 5.91 Å². The molecular weight excluding hydrogens is 298 g/mol. The summed E-state index contributed by atoms with van der Waals surface area (Å²) in [6.45, 7) is 0.993. The summed E-state index contributed by atoms with van der Waals surface area (Å²) in [5.74, 6) is 0.873. The number of halogens is 1. The Morgan fingerprint density at radius 3 is 2.91 bits per heavy atom. The summed E-state index contributed by atoms with van der Waals surface area (Å²) in [6.07, 6.45) is 0.731. The number of benzene rings is 2. The zero-order valence-corrected chi connectivity index (χ0v) is 13.2. The molecule has 3 nitrogen and oxygen atoms in total. The minimum atomic E-state index is -0.126. The van der Waals surface area contributed by atoms with Crippen molar-refractivity contribution >= 4 is 17.5 Å². The molecule has 2 aromatic rings. The van der Waals surface area contributed by atoms with Crippen molar-refractivity contribution in [3.63, 3.8) is 0 Å². The van der Waals surface area contributed by atoms with E-state index in [4.69, 9.17) is 16.3 Å². The first-order valence-corrected chi connectivity index (χ1v) is 7.71. The largest absolute Gasteiger partial charge is 0.492 e. The normalized spacial score (nSPS) is 16.5. The third-order valence-corrected chi connectivity index (χ3v) is 4.15. The van der Waals surface area contributed by atoms with Crippen LogP contribution in [-0.2, 0) is 17.8 Å². The summed E-state index contributed by atoms with van der Waals surface area (Å²) in [5, 5.41) is 0.688. The van der Waals surface area contributed by atoms with Gasteiger partial charge in [-0.15, -0.1) is 0 Å². The van der Waals surface area contributed by atoms with Crippen LogP contribution in [0.1, 0.15) is 11.1 Å². The number of hydrogen-bond acceptors (Lipinski definition) is 2. The van der Waals surface area contributed by atoms with Gasteiger partial charge in [0, 0.05) is 18.6 Å². The van der Waals surface area contributed by atoms with Crippen LogP contribution >= 0.6 is 11.6 Å². The maximum atomic E-state index is 12.6. The summed E-state index contributed by atoms with van der Waals surface area (Å²) in [7, 11) is 1.82. The van der Waals surface area contributed by atoms with E-state index in [1.807, 2.05) is 55.6 Å². The van der Waals surface area contributed by atoms with Crippen LogP contribution in [0.5, 0.6) is 5.75 Å². The number of carbonyl (C=O) groups is 1. The lowest BCUT2D eigenvalue weighted by Gasteiger charge is -2.28. The minimum absolute atomic E-state index is 0.106. The molecule has 1 amide bonds. The number of amides is 1. The number of rotatable bonds is 3. The maximum absolute atomic E-state index is 12.6. The first-order valence-electron chi connectivity index (χ1n) is 7.33. The monoisotopic (exact) mass is 315 g/mol. The molecule has 0 saturated heterocycles. The lowest BCUT2D eigenvalue weighted by atomic mass is 9.95. The highest BCUT2D eigenvalue weighted by molar-refractivity contribution is 6.30. The Kier molecular flexibility index (Phi) is 4.34. The molecular formula is C18H18ClNO2. The van der Waals surface area contributed by atoms with Gasteiger partial charge in [0.05, 0.1) is 5.92 Å². The number of fused-ring (bicyclic) bond motifs is 1. The van der Waals surface area contributed by atoms with Crippen LogP contribution in [0.4, 0.5) is 0 Å². The molecule has 0 aliphatic carbocycles. The predicted octanol–water partition coefficient (Wildman–Crippen LogP) is 3.55. The van der Waals surface area contributed by atoms with Gasteiger partial charge < -0.3 is 9.64 Å². The summed E-state index contributed by atoms with van der Waals surface area (Å²) < 4.78 is 5.71. The molecule has 3 rings (SSSR count). The molecule has 4 heteroatoms. The molecule has 0 fully saturated rings. The van der Waals surface area contributed by atoms with Crippen molar-refractivity contribution in [2.45, 2.75) is 13.0 Å². The molecule has 114 valence electrons. The number of carbonyl (C=O) groups excluding carboxylic acids is 1. The summed E-state index contributed by atoms with van der Waals surface area (Å²) in [5.41, 5.74) is 2.13. The lowest BCUT2D eigenvalue weighted by molar-refractivity contribution is -0.136. The highest BCUT2D eigenvalue weighted by Gasteiger charge is 2.28. The van der Waals surface area contributed by atoms with E-state index < -0.39 is 0 Å². The number of hydrogen-bond donors (Lipinski definition) is 0. The fourth-order valence-electron chi connectivity index (χ4n) is 2.79. The molecule has 0 aromatic heterocycles. The fraction of sp³-hybridized carbons (Fsp3) is 0.278. The van der Waals surface area contributed by atoms with Crippen LogP contribution in [-0.4, -0.2) is 24.5 Å². The van der Waals surface area contributed by atoms with E-state index in [-0.39, 0.29) is 11.8 Å². The number of nitrogens with zero attached hydrogens (tertiary/aromatic N) is 1. The van der Waals surface area contributed by atoms with Gasteiger partial charge in [-0.25, -0.2) is 0 Å². The molecule has 0 spiro atoms. The minimum Gasteiger partial charge on any atom is -0.492 e. The standard InChI is InChI=1S/C18H18ClNO2/c1-20(11-13-5-4-7-16(19)9-13)18(21)15-10-14-6-2-3-8-17(14)22-12-15/h2-9,15H,10-12H2,1H3. The average molecular weight is 316 g/mol. The zero-order valence-electron chi connectivity index (χ0n) is 12.5. The molecule has 1 aliphatic heterocycles. The predicted molar refractivity (Wildman–Crippen MR) is 87.1 cm³/mol. The quantitative estimate of drug-likeness (QED) is 0.867. The van der Waals surface area contributed by atoms with E-state index >= 15 is 0 Å². The Labute approximate surface area is 135 Å². The van der Waals surface area contributed by atoms with Gasteiger partial charge in [-0.2, -0.15) is 0 Å². The zero-order chi connectivity index (χ0) is 15.5. The van der Waals surface area contributed by atoms with Crippen LogP contribution in [0.3, 0.4) is 0 Å². The van der Waals surface area contributed by atoms with Crippen LogP contribution in [0.15, 0.2) is 48.5 Å². The van der Waals surface area contributed by atoms with E-state index in [1.165, 1.54) is 0 Å². The van der Waals surface area contributed by atoms with Crippen molar-refractivity contribution in [1.82, 2.24) is 4.90 Å². The second-order valence-corrected chi connectivity index (χ2v) is 6.08. The number of ether oxygens (including phenoxy) is 1. The van der Waals surface area contributed by atoms with Crippen LogP contribution < -0.4 is 4.74 Å². The Bertz CT molecular complexity index is 686. The first-order chi connectivity index (χ1) is 10.6. The van der Waals surface area contributed by atoms with Crippen molar-refractivity contribution in [2.24, 2.45) is 5.92 Å². The van der Waals surface area contributed by atoms with Gasteiger partial charge in [-0.3, -0.25) is 4.79 Å². The third kappa shape index (κ3) is 3.25. The van der Waals surface area contributed by atoms with Crippen molar-refractivity contribution < 1.29 is 9.53 Å². The van der Waals surface area contributed by atoms with Crippen molar-refractivity contribution in [1.29, 1.82) is 0 Å². The average Bonchev–Trinajstić information content (AvgIpc) is 2.53. The van der Waals surface area contributed by atoms with Crippen LogP contribution in [0, 0.1) is 5.92 Å². The second-order valence-electron chi connectivity index (χ2n) is 5.64.